The van der Waals surface area contributed by atoms with Gasteiger partial charge in [-0.3, -0.25) is 23.8 Å². The Morgan fingerprint density at radius 1 is 1.06 bits per heavy atom. The van der Waals surface area contributed by atoms with Gasteiger partial charge in [0.05, 0.1) is 6.54 Å². The first-order valence-corrected chi connectivity index (χ1v) is 11.8. The molecule has 3 heterocycles. The van der Waals surface area contributed by atoms with Crippen LogP contribution in [0.1, 0.15) is 16.7 Å². The summed E-state index contributed by atoms with van der Waals surface area (Å²) in [4.78, 5) is 36.5. The van der Waals surface area contributed by atoms with Crippen LogP contribution in [-0.4, -0.2) is 50.2 Å². The number of hydrogen-bond acceptors (Lipinski definition) is 5. The van der Waals surface area contributed by atoms with Crippen LogP contribution in [0.4, 0.5) is 10.3 Å². The zero-order chi connectivity index (χ0) is 24.7. The zero-order valence-electron chi connectivity index (χ0n) is 19.6. The molecule has 182 valence electrons. The van der Waals surface area contributed by atoms with Crippen LogP contribution < -0.4 is 16.1 Å². The monoisotopic (exact) mass is 496 g/mol. The van der Waals surface area contributed by atoms with E-state index in [1.807, 2.05) is 29.7 Å². The highest BCUT2D eigenvalue weighted by Gasteiger charge is 2.26. The van der Waals surface area contributed by atoms with E-state index in [0.29, 0.717) is 67.0 Å². The topological polar surface area (TPSA) is 79.2 Å². The molecular formula is C25H26ClFN6O2. The number of aryl methyl sites for hydroxylation is 2. The van der Waals surface area contributed by atoms with Crippen LogP contribution in [0.3, 0.4) is 0 Å². The van der Waals surface area contributed by atoms with E-state index < -0.39 is 11.2 Å². The van der Waals surface area contributed by atoms with Gasteiger partial charge in [-0.25, -0.2) is 9.18 Å². The molecule has 1 saturated heterocycles. The van der Waals surface area contributed by atoms with E-state index >= 15 is 0 Å². The van der Waals surface area contributed by atoms with E-state index in [0.717, 1.165) is 11.1 Å². The molecule has 0 radical (unpaired) electrons. The predicted octanol–water partition coefficient (Wildman–Crippen LogP) is 2.89. The zero-order valence-corrected chi connectivity index (χ0v) is 20.3. The Hall–Kier alpha value is -3.43. The van der Waals surface area contributed by atoms with Crippen molar-refractivity contribution in [2.75, 3.05) is 31.1 Å². The lowest BCUT2D eigenvalue weighted by molar-refractivity contribution is 0.245. The number of imidazole rings is 1. The van der Waals surface area contributed by atoms with Crippen molar-refractivity contribution in [2.45, 2.75) is 20.0 Å². The molecule has 0 unspecified atom stereocenters. The molecule has 2 aromatic heterocycles. The summed E-state index contributed by atoms with van der Waals surface area (Å²) in [5.74, 6) is 0.330. The summed E-state index contributed by atoms with van der Waals surface area (Å²) in [6.45, 7) is 5.51. The Balaban J connectivity index is 1.47. The van der Waals surface area contributed by atoms with Gasteiger partial charge in [0.25, 0.3) is 5.56 Å². The van der Waals surface area contributed by atoms with Crippen molar-refractivity contribution >= 4 is 28.7 Å². The number of anilines is 1. The molecule has 8 nitrogen and oxygen atoms in total. The van der Waals surface area contributed by atoms with Gasteiger partial charge in [-0.1, -0.05) is 47.5 Å². The minimum atomic E-state index is -0.499. The third-order valence-corrected chi connectivity index (χ3v) is 6.86. The van der Waals surface area contributed by atoms with Gasteiger partial charge in [-0.15, -0.1) is 0 Å². The van der Waals surface area contributed by atoms with Gasteiger partial charge in [-0.05, 0) is 24.6 Å². The molecule has 1 aliphatic heterocycles. The Bertz CT molecular complexity index is 1500. The maximum Gasteiger partial charge on any atom is 0.329 e. The Morgan fingerprint density at radius 2 is 1.80 bits per heavy atom. The minimum Gasteiger partial charge on any atom is -0.340 e. The molecule has 0 amide bonds. The second-order valence-corrected chi connectivity index (χ2v) is 9.35. The molecule has 2 aromatic carbocycles. The third kappa shape index (κ3) is 4.49. The fourth-order valence-corrected chi connectivity index (χ4v) is 4.84. The van der Waals surface area contributed by atoms with Crippen LogP contribution in [0.25, 0.3) is 11.2 Å². The number of aromatic nitrogens is 4. The van der Waals surface area contributed by atoms with E-state index in [1.165, 1.54) is 10.6 Å². The number of H-pyrrole nitrogens is 1. The summed E-state index contributed by atoms with van der Waals surface area (Å²) in [5, 5.41) is 0.424. The predicted molar refractivity (Wildman–Crippen MR) is 135 cm³/mol. The van der Waals surface area contributed by atoms with Crippen molar-refractivity contribution in [2.24, 2.45) is 7.05 Å². The standard InChI is InChI=1S/C25H26ClFN6O2/c1-16-5-3-6-17(13-16)14-33-21-22(30(2)25(35)29-23(21)34)28-24(33)32-11-9-31(10-12-32)15-18-19(26)7-4-8-20(18)27/h3-8,13H,9-12,14-15H2,1-2H3,(H,29,34,35). The van der Waals surface area contributed by atoms with Crippen LogP contribution in [0.5, 0.6) is 0 Å². The van der Waals surface area contributed by atoms with Gasteiger partial charge in [0.1, 0.15) is 5.82 Å². The van der Waals surface area contributed by atoms with Crippen molar-refractivity contribution in [3.8, 4) is 0 Å². The Morgan fingerprint density at radius 3 is 2.51 bits per heavy atom. The van der Waals surface area contributed by atoms with Gasteiger partial charge < -0.3 is 4.90 Å². The van der Waals surface area contributed by atoms with E-state index in [2.05, 4.69) is 20.9 Å². The average molecular weight is 497 g/mol. The second-order valence-electron chi connectivity index (χ2n) is 8.94. The Labute approximate surface area is 206 Å². The van der Waals surface area contributed by atoms with E-state index in [9.17, 15) is 14.0 Å². The number of halogens is 2. The van der Waals surface area contributed by atoms with Gasteiger partial charge in [0.15, 0.2) is 11.2 Å². The van der Waals surface area contributed by atoms with Crippen LogP contribution >= 0.6 is 11.6 Å². The van der Waals surface area contributed by atoms with Crippen LogP contribution in [-0.2, 0) is 20.1 Å². The fraction of sp³-hybridized carbons (Fsp3) is 0.320. The second kappa shape index (κ2) is 9.31. The largest absolute Gasteiger partial charge is 0.340 e. The summed E-state index contributed by atoms with van der Waals surface area (Å²) in [7, 11) is 1.60. The van der Waals surface area contributed by atoms with Gasteiger partial charge in [0, 0.05) is 50.4 Å². The highest BCUT2D eigenvalue weighted by Crippen LogP contribution is 2.25. The summed E-state index contributed by atoms with van der Waals surface area (Å²) >= 11 is 6.22. The van der Waals surface area contributed by atoms with Crippen molar-refractivity contribution in [3.63, 3.8) is 0 Å². The summed E-state index contributed by atoms with van der Waals surface area (Å²) in [6.07, 6.45) is 0. The van der Waals surface area contributed by atoms with Crippen LogP contribution in [0, 0.1) is 12.7 Å². The summed E-state index contributed by atoms with van der Waals surface area (Å²) in [5.41, 5.74) is 2.41. The van der Waals surface area contributed by atoms with Crippen molar-refractivity contribution < 1.29 is 4.39 Å². The number of fused-ring (bicyclic) bond motifs is 1. The lowest BCUT2D eigenvalue weighted by atomic mass is 10.1. The quantitative estimate of drug-likeness (QED) is 0.459. The van der Waals surface area contributed by atoms with Crippen molar-refractivity contribution in [1.29, 1.82) is 0 Å². The molecule has 0 saturated carbocycles. The SMILES string of the molecule is Cc1cccc(Cn2c(N3CCN(Cc4c(F)cccc4Cl)CC3)nc3c2c(=O)[nH]c(=O)n3C)c1. The molecule has 35 heavy (non-hydrogen) atoms. The molecule has 4 aromatic rings. The van der Waals surface area contributed by atoms with Crippen LogP contribution in [0.2, 0.25) is 5.02 Å². The normalized spacial score (nSPS) is 14.7. The lowest BCUT2D eigenvalue weighted by Gasteiger charge is -2.35. The van der Waals surface area contributed by atoms with Gasteiger partial charge >= 0.3 is 5.69 Å². The third-order valence-electron chi connectivity index (χ3n) is 6.51. The molecule has 1 N–H and O–H groups in total. The number of rotatable bonds is 5. The lowest BCUT2D eigenvalue weighted by Crippen LogP contribution is -2.47. The van der Waals surface area contributed by atoms with Gasteiger partial charge in [0.2, 0.25) is 5.95 Å². The van der Waals surface area contributed by atoms with E-state index in [-0.39, 0.29) is 5.82 Å². The minimum absolute atomic E-state index is 0.306. The Kier molecular flexibility index (Phi) is 6.21. The maximum atomic E-state index is 14.3. The number of nitrogens with zero attached hydrogens (tertiary/aromatic N) is 5. The van der Waals surface area contributed by atoms with Crippen molar-refractivity contribution in [3.05, 3.63) is 90.8 Å². The molecule has 10 heteroatoms. The molecule has 0 bridgehead atoms. The number of aromatic amines is 1. The fourth-order valence-electron chi connectivity index (χ4n) is 4.62. The highest BCUT2D eigenvalue weighted by molar-refractivity contribution is 6.31. The smallest absolute Gasteiger partial charge is 0.329 e. The maximum absolute atomic E-state index is 14.3. The number of benzene rings is 2. The number of hydrogen-bond donors (Lipinski definition) is 1. The molecular weight excluding hydrogens is 471 g/mol. The molecule has 0 atom stereocenters. The first-order chi connectivity index (χ1) is 16.8. The first kappa shape index (κ1) is 23.3. The molecule has 0 aliphatic carbocycles. The van der Waals surface area contributed by atoms with Gasteiger partial charge in [-0.2, -0.15) is 4.98 Å². The van der Waals surface area contributed by atoms with Crippen LogP contribution in [0.15, 0.2) is 52.1 Å². The molecule has 1 fully saturated rings. The van der Waals surface area contributed by atoms with E-state index in [4.69, 9.17) is 16.6 Å². The van der Waals surface area contributed by atoms with E-state index in [1.54, 1.807) is 19.2 Å². The highest BCUT2D eigenvalue weighted by atomic mass is 35.5. The number of piperazine rings is 1. The first-order valence-electron chi connectivity index (χ1n) is 11.5. The number of nitrogens with one attached hydrogen (secondary N) is 1. The molecule has 0 spiro atoms. The average Bonchev–Trinajstić information content (AvgIpc) is 3.20. The molecule has 1 aliphatic rings. The summed E-state index contributed by atoms with van der Waals surface area (Å²) < 4.78 is 17.5. The summed E-state index contributed by atoms with van der Waals surface area (Å²) in [6, 6.07) is 12.8. The van der Waals surface area contributed by atoms with Crippen molar-refractivity contribution in [1.82, 2.24) is 24.0 Å². The molecule has 5 rings (SSSR count).